The molecule has 0 aromatic heterocycles. The van der Waals surface area contributed by atoms with Gasteiger partial charge in [-0.3, -0.25) is 9.59 Å². The summed E-state index contributed by atoms with van der Waals surface area (Å²) in [4.78, 5) is 55.1. The Morgan fingerprint density at radius 2 is 0.882 bits per heavy atom. The zero-order valence-corrected chi connectivity index (χ0v) is 58.1. The van der Waals surface area contributed by atoms with Crippen molar-refractivity contribution in [2.45, 2.75) is 153 Å². The number of alkyl carbamates (subject to hydrolysis) is 1. The Morgan fingerprint density at radius 3 is 1.33 bits per heavy atom. The number of carbonyl (C=O) groups excluding carboxylic acids is 4. The van der Waals surface area contributed by atoms with Crippen LogP contribution in [-0.4, -0.2) is 124 Å². The zero-order chi connectivity index (χ0) is 71.3. The van der Waals surface area contributed by atoms with Crippen LogP contribution in [0.3, 0.4) is 0 Å². The van der Waals surface area contributed by atoms with E-state index in [0.717, 1.165) is 38.9 Å². The smallest absolute Gasteiger partial charge is 0.408 e. The summed E-state index contributed by atoms with van der Waals surface area (Å²) in [5, 5.41) is 5.53. The van der Waals surface area contributed by atoms with Crippen LogP contribution in [0.5, 0.6) is 5.75 Å². The zero-order valence-electron chi connectivity index (χ0n) is 58.1. The van der Waals surface area contributed by atoms with E-state index in [9.17, 15) is 19.2 Å². The highest BCUT2D eigenvalue weighted by atomic mass is 16.8. The molecule has 0 unspecified atom stereocenters. The van der Waals surface area contributed by atoms with Crippen molar-refractivity contribution in [3.05, 3.63) is 294 Å². The Balaban J connectivity index is 1.02. The molecule has 2 aliphatic heterocycles. The van der Waals surface area contributed by atoms with Crippen LogP contribution in [0.1, 0.15) is 77.6 Å². The normalized spacial score (nSPS) is 21.1. The summed E-state index contributed by atoms with van der Waals surface area (Å²) < 4.78 is 87.9. The van der Waals surface area contributed by atoms with Crippen LogP contribution in [-0.2, 0) is 117 Å². The molecule has 19 nitrogen and oxygen atoms in total. The van der Waals surface area contributed by atoms with E-state index in [-0.39, 0.29) is 78.2 Å². The lowest BCUT2D eigenvalue weighted by atomic mass is 9.92. The fourth-order valence-corrected chi connectivity index (χ4v) is 12.1. The maximum Gasteiger partial charge on any atom is 0.408 e. The topological polar surface area (TPSA) is 212 Å². The Kier molecular flexibility index (Phi) is 29.3. The largest absolute Gasteiger partial charge is 0.467 e. The van der Waals surface area contributed by atoms with Crippen LogP contribution in [0.15, 0.2) is 249 Å². The van der Waals surface area contributed by atoms with Crippen LogP contribution < -0.4 is 15.4 Å². The number of rotatable bonds is 37. The van der Waals surface area contributed by atoms with E-state index in [4.69, 9.17) is 61.6 Å². The molecule has 2 amide bonds. The summed E-state index contributed by atoms with van der Waals surface area (Å²) in [6.07, 6.45) is -10.3. The number of nitrogens with one attached hydrogen (secondary N) is 2. The molecule has 0 aliphatic carbocycles. The molecule has 8 aromatic carbocycles. The Labute approximate surface area is 597 Å². The third-order valence-electron chi connectivity index (χ3n) is 17.4. The van der Waals surface area contributed by atoms with Gasteiger partial charge in [-0.15, -0.1) is 0 Å². The number of esters is 2. The highest BCUT2D eigenvalue weighted by Gasteiger charge is 2.56. The molecule has 2 heterocycles. The molecule has 2 saturated heterocycles. The van der Waals surface area contributed by atoms with E-state index in [1.54, 1.807) is 31.2 Å². The number of hydrogen-bond donors (Lipinski definition) is 2. The number of methoxy groups -OCH3 is 1. The highest BCUT2D eigenvalue weighted by Crippen LogP contribution is 2.38. The van der Waals surface area contributed by atoms with Crippen LogP contribution in [0, 0.1) is 5.92 Å². The first kappa shape index (κ1) is 75.3. The van der Waals surface area contributed by atoms with Gasteiger partial charge in [0.15, 0.2) is 12.4 Å². The number of hydrogen-bond acceptors (Lipinski definition) is 17. The van der Waals surface area contributed by atoms with Crippen molar-refractivity contribution >= 4 is 23.9 Å². The molecule has 536 valence electrons. The van der Waals surface area contributed by atoms with Gasteiger partial charge in [-0.05, 0) is 62.6 Å². The predicted molar refractivity (Wildman–Crippen MR) is 382 cm³/mol. The molecule has 2 aliphatic rings. The molecule has 13 atom stereocenters. The van der Waals surface area contributed by atoms with Crippen molar-refractivity contribution in [1.82, 2.24) is 10.6 Å². The average molecular weight is 1390 g/mol. The fourth-order valence-electron chi connectivity index (χ4n) is 12.1. The van der Waals surface area contributed by atoms with E-state index in [1.165, 1.54) is 13.2 Å². The SMILES string of the molecule is C=CCOC(=O)N[C@H](C(=O)N[C@H](Cc1ccc(O[C@H]2O[C@H](COCc3ccccc3)[C@@H](O[C@H]3O[C@H](COCc4ccccc4)[C@@H](OC(=O)CC(C)C)[C@H](OCc4ccccc4)[C@@H]3OCc3ccccc3)[C@H](OCc3ccccc3)[C@@H]2OCc2ccccc2)cc1)C(=O)OC)[C@@H](C)c1ccccc1. The summed E-state index contributed by atoms with van der Waals surface area (Å²) in [6.45, 7) is 9.89. The summed E-state index contributed by atoms with van der Waals surface area (Å²) >= 11 is 0. The standard InChI is InChI=1S/C83H92N2O17/c1-6-46-93-83(89)85-72(58(4)66-40-26-13-27-41-66)79(87)84-68(80(88)90-5)48-59-42-44-67(45-43-59)98-81-77(96-53-64-36-22-11-23-37-64)76(95-52-63-34-20-10-21-35-63)74(70(99-81)56-92-50-61-30-16-8-17-31-61)102-82-78(97-54-65-38-24-12-25-39-65)75(94-51-62-32-18-9-19-33-62)73(101-71(86)47-57(2)3)69(100-82)55-91-49-60-28-14-7-15-29-60/h6-45,57-58,68-70,72-78,81-82H,1,46-56H2,2-5H3,(H,84,87)(H,85,89)/t58-,68+,69+,70+,72-,73+,74+,75-,76-,77-,78-,81-,82+/m0/s1. The quantitative estimate of drug-likeness (QED) is 0.0210. The first-order valence-electron chi connectivity index (χ1n) is 34.6. The first-order chi connectivity index (χ1) is 49.9. The number of amides is 2. The Hall–Kier alpha value is -9.38. The summed E-state index contributed by atoms with van der Waals surface area (Å²) in [5.41, 5.74) is 6.65. The first-order valence-corrected chi connectivity index (χ1v) is 34.6. The molecule has 10 rings (SSSR count). The van der Waals surface area contributed by atoms with Crippen molar-refractivity contribution in [2.75, 3.05) is 26.9 Å². The minimum absolute atomic E-state index is 0.0113. The highest BCUT2D eigenvalue weighted by molar-refractivity contribution is 5.90. The van der Waals surface area contributed by atoms with Crippen LogP contribution >= 0.6 is 0 Å². The van der Waals surface area contributed by atoms with Gasteiger partial charge in [-0.1, -0.05) is 258 Å². The van der Waals surface area contributed by atoms with Gasteiger partial charge in [-0.25, -0.2) is 9.59 Å². The van der Waals surface area contributed by atoms with Gasteiger partial charge in [0.05, 0.1) is 60.0 Å². The third kappa shape index (κ3) is 22.8. The second kappa shape index (κ2) is 39.7. The van der Waals surface area contributed by atoms with Gasteiger partial charge in [0, 0.05) is 18.8 Å². The number of ether oxygens (including phenoxy) is 13. The maximum absolute atomic E-state index is 14.3. The molecule has 0 spiro atoms. The summed E-state index contributed by atoms with van der Waals surface area (Å²) in [6, 6.07) is 72.3. The molecule has 2 fully saturated rings. The fraction of sp³-hybridized carbons (Fsp3) is 0.349. The van der Waals surface area contributed by atoms with Crippen molar-refractivity contribution in [1.29, 1.82) is 0 Å². The second-order valence-corrected chi connectivity index (χ2v) is 25.5. The second-order valence-electron chi connectivity index (χ2n) is 25.5. The van der Waals surface area contributed by atoms with Gasteiger partial charge in [-0.2, -0.15) is 0 Å². The molecular formula is C83H92N2O17. The summed E-state index contributed by atoms with van der Waals surface area (Å²) in [5.74, 6) is -2.02. The van der Waals surface area contributed by atoms with E-state index in [1.807, 2.05) is 226 Å². The lowest BCUT2D eigenvalue weighted by Gasteiger charge is -2.50. The molecular weight excluding hydrogens is 1300 g/mol. The lowest BCUT2D eigenvalue weighted by Crippen LogP contribution is -2.67. The monoisotopic (exact) mass is 1390 g/mol. The predicted octanol–water partition coefficient (Wildman–Crippen LogP) is 12.9. The molecule has 102 heavy (non-hydrogen) atoms. The van der Waals surface area contributed by atoms with Crippen molar-refractivity contribution in [3.8, 4) is 5.75 Å². The van der Waals surface area contributed by atoms with Crippen LogP contribution in [0.25, 0.3) is 0 Å². The van der Waals surface area contributed by atoms with Crippen molar-refractivity contribution in [3.63, 3.8) is 0 Å². The van der Waals surface area contributed by atoms with E-state index in [2.05, 4.69) is 17.2 Å². The molecule has 0 bridgehead atoms. The van der Waals surface area contributed by atoms with Crippen molar-refractivity contribution < 1.29 is 80.8 Å². The van der Waals surface area contributed by atoms with Gasteiger partial charge in [0.1, 0.15) is 67.2 Å². The van der Waals surface area contributed by atoms with Gasteiger partial charge in [0.2, 0.25) is 12.2 Å². The molecule has 19 heteroatoms. The van der Waals surface area contributed by atoms with E-state index < -0.39 is 103 Å². The van der Waals surface area contributed by atoms with Gasteiger partial charge >= 0.3 is 18.0 Å². The molecule has 0 saturated carbocycles. The van der Waals surface area contributed by atoms with Crippen molar-refractivity contribution in [2.24, 2.45) is 5.92 Å². The lowest BCUT2D eigenvalue weighted by molar-refractivity contribution is -0.369. The van der Waals surface area contributed by atoms with E-state index in [0.29, 0.717) is 11.3 Å². The van der Waals surface area contributed by atoms with E-state index >= 15 is 0 Å². The van der Waals surface area contributed by atoms with Crippen LogP contribution in [0.2, 0.25) is 0 Å². The minimum Gasteiger partial charge on any atom is -0.467 e. The third-order valence-corrected chi connectivity index (χ3v) is 17.4. The number of carbonyl (C=O) groups is 4. The minimum atomic E-state index is -1.32. The van der Waals surface area contributed by atoms with Gasteiger partial charge in [0.25, 0.3) is 0 Å². The Morgan fingerprint density at radius 1 is 0.471 bits per heavy atom. The molecule has 2 N–H and O–H groups in total. The summed E-state index contributed by atoms with van der Waals surface area (Å²) in [7, 11) is 1.24. The average Bonchev–Trinajstić information content (AvgIpc) is 0.766. The molecule has 0 radical (unpaired) electrons. The maximum atomic E-state index is 14.3. The molecule has 8 aromatic rings. The van der Waals surface area contributed by atoms with Gasteiger partial charge < -0.3 is 72.2 Å². The Bertz CT molecular complexity index is 3770. The number of benzene rings is 8. The van der Waals surface area contributed by atoms with Crippen LogP contribution in [0.4, 0.5) is 4.79 Å².